The van der Waals surface area contributed by atoms with Crippen molar-refractivity contribution in [1.29, 1.82) is 0 Å². The van der Waals surface area contributed by atoms with Crippen LogP contribution in [0.1, 0.15) is 18.2 Å². The summed E-state index contributed by atoms with van der Waals surface area (Å²) in [6.07, 6.45) is 8.75. The fourth-order valence-electron chi connectivity index (χ4n) is 1.91. The molecule has 1 aliphatic heterocycles. The first-order valence-electron chi connectivity index (χ1n) is 5.61. The Morgan fingerprint density at radius 3 is 3.00 bits per heavy atom. The predicted molar refractivity (Wildman–Crippen MR) is 64.9 cm³/mol. The number of hydrogen-bond acceptors (Lipinski definition) is 4. The van der Waals surface area contributed by atoms with Gasteiger partial charge in [0, 0.05) is 31.2 Å². The standard InChI is InChI=1S/C12H11N5O/c18-12(16-8-7-13-9-16)17-11(4-6-15-17)10-3-1-2-5-14-10/h1-3,5-9,11H,4H2. The second-order valence-electron chi connectivity index (χ2n) is 3.90. The number of pyridine rings is 1. The Morgan fingerprint density at radius 2 is 2.28 bits per heavy atom. The van der Waals surface area contributed by atoms with Crippen molar-refractivity contribution < 1.29 is 4.79 Å². The van der Waals surface area contributed by atoms with Crippen LogP contribution in [0.3, 0.4) is 0 Å². The lowest BCUT2D eigenvalue weighted by atomic mass is 10.1. The Balaban J connectivity index is 1.88. The Morgan fingerprint density at radius 1 is 1.33 bits per heavy atom. The number of aromatic nitrogens is 3. The number of imidazole rings is 1. The summed E-state index contributed by atoms with van der Waals surface area (Å²) in [7, 11) is 0. The average Bonchev–Trinajstić information content (AvgIpc) is 3.10. The van der Waals surface area contributed by atoms with Gasteiger partial charge in [-0.2, -0.15) is 5.10 Å². The fourth-order valence-corrected chi connectivity index (χ4v) is 1.91. The SMILES string of the molecule is O=C(N1N=CCC1c1ccccn1)n1ccnc1. The third kappa shape index (κ3) is 1.77. The first-order valence-corrected chi connectivity index (χ1v) is 5.61. The van der Waals surface area contributed by atoms with Crippen LogP contribution in [0.5, 0.6) is 0 Å². The topological polar surface area (TPSA) is 63.4 Å². The van der Waals surface area contributed by atoms with E-state index < -0.39 is 0 Å². The van der Waals surface area contributed by atoms with Gasteiger partial charge in [0.25, 0.3) is 0 Å². The molecular weight excluding hydrogens is 230 g/mol. The lowest BCUT2D eigenvalue weighted by Crippen LogP contribution is -2.30. The summed E-state index contributed by atoms with van der Waals surface area (Å²) >= 11 is 0. The van der Waals surface area contributed by atoms with E-state index >= 15 is 0 Å². The highest BCUT2D eigenvalue weighted by molar-refractivity contribution is 5.80. The van der Waals surface area contributed by atoms with Gasteiger partial charge in [0.2, 0.25) is 0 Å². The first-order chi connectivity index (χ1) is 8.86. The quantitative estimate of drug-likeness (QED) is 0.763. The molecule has 18 heavy (non-hydrogen) atoms. The molecule has 0 fully saturated rings. The Kier molecular flexibility index (Phi) is 2.60. The molecule has 0 aromatic carbocycles. The summed E-state index contributed by atoms with van der Waals surface area (Å²) in [4.78, 5) is 20.3. The molecule has 0 aliphatic carbocycles. The van der Waals surface area contributed by atoms with Gasteiger partial charge in [-0.05, 0) is 12.1 Å². The largest absolute Gasteiger partial charge is 0.350 e. The summed E-state index contributed by atoms with van der Waals surface area (Å²) < 4.78 is 1.40. The number of carbonyl (C=O) groups is 1. The van der Waals surface area contributed by atoms with E-state index in [-0.39, 0.29) is 12.1 Å². The summed E-state index contributed by atoms with van der Waals surface area (Å²) in [5, 5.41) is 5.55. The average molecular weight is 241 g/mol. The smallest absolute Gasteiger partial charge is 0.259 e. The van der Waals surface area contributed by atoms with Gasteiger partial charge in [-0.15, -0.1) is 0 Å². The molecule has 0 saturated carbocycles. The summed E-state index contributed by atoms with van der Waals surface area (Å²) in [5.41, 5.74) is 0.837. The molecule has 3 heterocycles. The zero-order valence-corrected chi connectivity index (χ0v) is 9.55. The van der Waals surface area contributed by atoms with Gasteiger partial charge in [0.1, 0.15) is 12.4 Å². The summed E-state index contributed by atoms with van der Waals surface area (Å²) in [6.45, 7) is 0. The first kappa shape index (κ1) is 10.6. The van der Waals surface area contributed by atoms with E-state index in [4.69, 9.17) is 0 Å². The molecule has 6 heteroatoms. The van der Waals surface area contributed by atoms with Gasteiger partial charge in [-0.3, -0.25) is 9.55 Å². The van der Waals surface area contributed by atoms with E-state index in [1.807, 2.05) is 18.2 Å². The minimum atomic E-state index is -0.225. The minimum Gasteiger partial charge on any atom is -0.259 e. The molecule has 0 spiro atoms. The molecule has 2 aromatic heterocycles. The fraction of sp³-hybridized carbons (Fsp3) is 0.167. The zero-order valence-electron chi connectivity index (χ0n) is 9.55. The number of nitrogens with zero attached hydrogens (tertiary/aromatic N) is 5. The van der Waals surface area contributed by atoms with E-state index in [9.17, 15) is 4.79 Å². The van der Waals surface area contributed by atoms with Crippen LogP contribution in [-0.2, 0) is 0 Å². The monoisotopic (exact) mass is 241 g/mol. The van der Waals surface area contributed by atoms with Gasteiger partial charge in [0.15, 0.2) is 0 Å². The van der Waals surface area contributed by atoms with Crippen molar-refractivity contribution in [3.8, 4) is 0 Å². The number of carbonyl (C=O) groups excluding carboxylic acids is 1. The lowest BCUT2D eigenvalue weighted by Gasteiger charge is -2.21. The maximum absolute atomic E-state index is 12.2. The molecule has 0 bridgehead atoms. The highest BCUT2D eigenvalue weighted by atomic mass is 16.2. The van der Waals surface area contributed by atoms with Crippen LogP contribution in [0.25, 0.3) is 0 Å². The van der Waals surface area contributed by atoms with Crippen molar-refractivity contribution in [1.82, 2.24) is 19.5 Å². The van der Waals surface area contributed by atoms with E-state index in [1.165, 1.54) is 15.9 Å². The summed E-state index contributed by atoms with van der Waals surface area (Å²) in [6, 6.07) is 5.29. The van der Waals surface area contributed by atoms with E-state index in [0.717, 1.165) is 5.69 Å². The van der Waals surface area contributed by atoms with Crippen molar-refractivity contribution in [3.63, 3.8) is 0 Å². The highest BCUT2D eigenvalue weighted by Crippen LogP contribution is 2.26. The van der Waals surface area contributed by atoms with E-state index in [2.05, 4.69) is 15.1 Å². The Hall–Kier alpha value is -2.50. The second-order valence-corrected chi connectivity index (χ2v) is 3.90. The molecule has 1 amide bonds. The number of hydrazone groups is 1. The maximum Gasteiger partial charge on any atom is 0.350 e. The van der Waals surface area contributed by atoms with Gasteiger partial charge in [-0.1, -0.05) is 6.07 Å². The maximum atomic E-state index is 12.2. The molecule has 0 radical (unpaired) electrons. The van der Waals surface area contributed by atoms with Crippen molar-refractivity contribution >= 4 is 12.2 Å². The molecular formula is C12H11N5O. The molecule has 90 valence electrons. The number of amides is 1. The van der Waals surface area contributed by atoms with Gasteiger partial charge >= 0.3 is 6.03 Å². The van der Waals surface area contributed by atoms with Crippen molar-refractivity contribution in [3.05, 3.63) is 48.8 Å². The van der Waals surface area contributed by atoms with Crippen molar-refractivity contribution in [2.24, 2.45) is 5.10 Å². The highest BCUT2D eigenvalue weighted by Gasteiger charge is 2.29. The van der Waals surface area contributed by atoms with Crippen LogP contribution < -0.4 is 0 Å². The second kappa shape index (κ2) is 4.40. The number of rotatable bonds is 1. The normalized spacial score (nSPS) is 18.2. The summed E-state index contributed by atoms with van der Waals surface area (Å²) in [5.74, 6) is 0. The zero-order chi connectivity index (χ0) is 12.4. The molecule has 3 rings (SSSR count). The van der Waals surface area contributed by atoms with E-state index in [0.29, 0.717) is 6.42 Å². The lowest BCUT2D eigenvalue weighted by molar-refractivity contribution is 0.186. The van der Waals surface area contributed by atoms with Gasteiger partial charge < -0.3 is 0 Å². The third-order valence-corrected chi connectivity index (χ3v) is 2.78. The molecule has 1 aliphatic rings. The van der Waals surface area contributed by atoms with E-state index in [1.54, 1.807) is 24.8 Å². The van der Waals surface area contributed by atoms with Crippen LogP contribution in [-0.4, -0.2) is 31.8 Å². The van der Waals surface area contributed by atoms with Crippen molar-refractivity contribution in [2.45, 2.75) is 12.5 Å². The Labute approximate surface area is 104 Å². The van der Waals surface area contributed by atoms with Crippen LogP contribution in [0.4, 0.5) is 4.79 Å². The van der Waals surface area contributed by atoms with Crippen LogP contribution >= 0.6 is 0 Å². The molecule has 0 saturated heterocycles. The minimum absolute atomic E-state index is 0.138. The Bertz CT molecular complexity index is 563. The molecule has 0 N–H and O–H groups in total. The van der Waals surface area contributed by atoms with Crippen molar-refractivity contribution in [2.75, 3.05) is 0 Å². The van der Waals surface area contributed by atoms with Crippen LogP contribution in [0, 0.1) is 0 Å². The molecule has 6 nitrogen and oxygen atoms in total. The molecule has 1 atom stereocenters. The molecule has 2 aromatic rings. The van der Waals surface area contributed by atoms with Crippen LogP contribution in [0.2, 0.25) is 0 Å². The predicted octanol–water partition coefficient (Wildman–Crippen LogP) is 1.68. The third-order valence-electron chi connectivity index (χ3n) is 2.78. The van der Waals surface area contributed by atoms with Gasteiger partial charge in [0.05, 0.1) is 5.69 Å². The molecule has 1 unspecified atom stereocenters. The number of hydrogen-bond donors (Lipinski definition) is 0. The van der Waals surface area contributed by atoms with Gasteiger partial charge in [-0.25, -0.2) is 14.8 Å². The van der Waals surface area contributed by atoms with Crippen LogP contribution in [0.15, 0.2) is 48.2 Å².